The summed E-state index contributed by atoms with van der Waals surface area (Å²) in [6, 6.07) is 1.78. The van der Waals surface area contributed by atoms with Crippen LogP contribution < -0.4 is 5.32 Å². The first kappa shape index (κ1) is 8.06. The molecule has 0 aromatic rings. The van der Waals surface area contributed by atoms with Crippen molar-refractivity contribution in [1.82, 2.24) is 0 Å². The summed E-state index contributed by atoms with van der Waals surface area (Å²) >= 11 is 0. The Morgan fingerprint density at radius 2 is 2.00 bits per heavy atom. The van der Waals surface area contributed by atoms with Gasteiger partial charge in [-0.3, -0.25) is 0 Å². The van der Waals surface area contributed by atoms with Crippen molar-refractivity contribution in [2.24, 2.45) is 5.92 Å². The third-order valence-corrected chi connectivity index (χ3v) is 2.60. The van der Waals surface area contributed by atoms with Gasteiger partial charge < -0.3 is 5.32 Å². The molecule has 3 atom stereocenters. The van der Waals surface area contributed by atoms with Crippen LogP contribution in [0.1, 0.15) is 40.0 Å². The van der Waals surface area contributed by atoms with Crippen molar-refractivity contribution in [3.63, 3.8) is 0 Å². The van der Waals surface area contributed by atoms with E-state index in [1.165, 1.54) is 19.3 Å². The lowest BCUT2D eigenvalue weighted by Crippen LogP contribution is -2.96. The average Bonchev–Trinajstić information content (AvgIpc) is 1.85. The molecule has 1 heteroatoms. The van der Waals surface area contributed by atoms with Gasteiger partial charge in [-0.25, -0.2) is 0 Å². The minimum Gasteiger partial charge on any atom is -0.342 e. The molecule has 0 aliphatic carbocycles. The van der Waals surface area contributed by atoms with Crippen LogP contribution in [0.2, 0.25) is 0 Å². The van der Waals surface area contributed by atoms with Crippen molar-refractivity contribution < 1.29 is 5.32 Å². The first-order valence-electron chi connectivity index (χ1n) is 4.57. The van der Waals surface area contributed by atoms with Gasteiger partial charge in [0.1, 0.15) is 0 Å². The SMILES string of the molecule is CCC1CC(C)CC(C)[NH2+]1. The van der Waals surface area contributed by atoms with E-state index >= 15 is 0 Å². The van der Waals surface area contributed by atoms with Crippen molar-refractivity contribution in [1.29, 1.82) is 0 Å². The van der Waals surface area contributed by atoms with E-state index in [1.54, 1.807) is 0 Å². The third kappa shape index (κ3) is 1.98. The van der Waals surface area contributed by atoms with Crippen LogP contribution in [-0.4, -0.2) is 12.1 Å². The zero-order valence-corrected chi connectivity index (χ0v) is 7.43. The number of quaternary nitrogens is 1. The normalized spacial score (nSPS) is 41.7. The van der Waals surface area contributed by atoms with E-state index in [0.29, 0.717) is 0 Å². The maximum Gasteiger partial charge on any atom is 0.0861 e. The smallest absolute Gasteiger partial charge is 0.0861 e. The highest BCUT2D eigenvalue weighted by Crippen LogP contribution is 2.15. The summed E-state index contributed by atoms with van der Waals surface area (Å²) in [5.41, 5.74) is 0. The topological polar surface area (TPSA) is 16.6 Å². The van der Waals surface area contributed by atoms with Crippen molar-refractivity contribution >= 4 is 0 Å². The molecule has 0 radical (unpaired) electrons. The fraction of sp³-hybridized carbons (Fsp3) is 1.00. The number of hydrogen-bond acceptors (Lipinski definition) is 0. The number of hydrogen-bond donors (Lipinski definition) is 1. The van der Waals surface area contributed by atoms with Crippen LogP contribution in [0.15, 0.2) is 0 Å². The van der Waals surface area contributed by atoms with E-state index in [1.807, 2.05) is 0 Å². The molecule has 60 valence electrons. The Morgan fingerprint density at radius 3 is 2.50 bits per heavy atom. The van der Waals surface area contributed by atoms with Crippen LogP contribution >= 0.6 is 0 Å². The molecule has 1 heterocycles. The summed E-state index contributed by atoms with van der Waals surface area (Å²) in [6.07, 6.45) is 4.19. The van der Waals surface area contributed by atoms with E-state index < -0.39 is 0 Å². The van der Waals surface area contributed by atoms with Gasteiger partial charge >= 0.3 is 0 Å². The Hall–Kier alpha value is -0.0400. The lowest BCUT2D eigenvalue weighted by atomic mass is 9.89. The highest BCUT2D eigenvalue weighted by Gasteiger charge is 2.24. The molecule has 0 aromatic heterocycles. The molecule has 1 rings (SSSR count). The monoisotopic (exact) mass is 142 g/mol. The molecular weight excluding hydrogens is 122 g/mol. The molecule has 0 bridgehead atoms. The zero-order valence-electron chi connectivity index (χ0n) is 7.43. The molecule has 10 heavy (non-hydrogen) atoms. The van der Waals surface area contributed by atoms with Gasteiger partial charge in [-0.1, -0.05) is 13.8 Å². The van der Waals surface area contributed by atoms with Crippen LogP contribution in [0.25, 0.3) is 0 Å². The van der Waals surface area contributed by atoms with Crippen molar-refractivity contribution in [3.05, 3.63) is 0 Å². The molecule has 1 fully saturated rings. The quantitative estimate of drug-likeness (QED) is 0.565. The molecule has 0 amide bonds. The summed E-state index contributed by atoms with van der Waals surface area (Å²) in [7, 11) is 0. The van der Waals surface area contributed by atoms with E-state index in [9.17, 15) is 0 Å². The highest BCUT2D eigenvalue weighted by atomic mass is 15.0. The largest absolute Gasteiger partial charge is 0.342 e. The predicted molar refractivity (Wildman–Crippen MR) is 43.9 cm³/mol. The van der Waals surface area contributed by atoms with Crippen molar-refractivity contribution in [2.45, 2.75) is 52.1 Å². The highest BCUT2D eigenvalue weighted by molar-refractivity contribution is 4.67. The van der Waals surface area contributed by atoms with Crippen LogP contribution in [0.5, 0.6) is 0 Å². The summed E-state index contributed by atoms with van der Waals surface area (Å²) in [6.45, 7) is 7.02. The van der Waals surface area contributed by atoms with Gasteiger partial charge in [0, 0.05) is 12.8 Å². The van der Waals surface area contributed by atoms with Crippen molar-refractivity contribution in [2.75, 3.05) is 0 Å². The van der Waals surface area contributed by atoms with Crippen LogP contribution in [-0.2, 0) is 0 Å². The molecule has 1 nitrogen and oxygen atoms in total. The van der Waals surface area contributed by atoms with E-state index in [4.69, 9.17) is 0 Å². The minimum atomic E-state index is 0.869. The molecule has 0 aromatic carbocycles. The zero-order chi connectivity index (χ0) is 7.56. The van der Waals surface area contributed by atoms with Gasteiger partial charge in [-0.15, -0.1) is 0 Å². The molecule has 0 spiro atoms. The Labute approximate surface area is 64.2 Å². The van der Waals surface area contributed by atoms with Gasteiger partial charge in [-0.2, -0.15) is 0 Å². The summed E-state index contributed by atoms with van der Waals surface area (Å²) in [5.74, 6) is 0.963. The average molecular weight is 142 g/mol. The van der Waals surface area contributed by atoms with E-state index in [2.05, 4.69) is 26.1 Å². The molecule has 1 aliphatic heterocycles. The number of piperidine rings is 1. The molecular formula is C9H20N+. The maximum absolute atomic E-state index is 2.54. The first-order valence-corrected chi connectivity index (χ1v) is 4.57. The second-order valence-electron chi connectivity index (χ2n) is 3.91. The van der Waals surface area contributed by atoms with Gasteiger partial charge in [0.25, 0.3) is 0 Å². The molecule has 2 N–H and O–H groups in total. The van der Waals surface area contributed by atoms with Crippen LogP contribution in [0, 0.1) is 5.92 Å². The Bertz CT molecular complexity index is 90.9. The third-order valence-electron chi connectivity index (χ3n) is 2.60. The standard InChI is InChI=1S/C9H19N/c1-4-9-6-7(2)5-8(3)10-9/h7-10H,4-6H2,1-3H3/p+1. The summed E-state index contributed by atoms with van der Waals surface area (Å²) in [4.78, 5) is 0. The molecule has 0 saturated carbocycles. The number of rotatable bonds is 1. The minimum absolute atomic E-state index is 0.869. The van der Waals surface area contributed by atoms with Crippen LogP contribution in [0.4, 0.5) is 0 Å². The van der Waals surface area contributed by atoms with E-state index in [0.717, 1.165) is 18.0 Å². The second-order valence-corrected chi connectivity index (χ2v) is 3.91. The van der Waals surface area contributed by atoms with Gasteiger partial charge in [-0.05, 0) is 19.3 Å². The van der Waals surface area contributed by atoms with Gasteiger partial charge in [0.2, 0.25) is 0 Å². The first-order chi connectivity index (χ1) is 4.72. The van der Waals surface area contributed by atoms with Crippen LogP contribution in [0.3, 0.4) is 0 Å². The lowest BCUT2D eigenvalue weighted by Gasteiger charge is -2.28. The molecule has 3 unspecified atom stereocenters. The Kier molecular flexibility index (Phi) is 2.72. The van der Waals surface area contributed by atoms with E-state index in [-0.39, 0.29) is 0 Å². The fourth-order valence-corrected chi connectivity index (χ4v) is 2.17. The fourth-order valence-electron chi connectivity index (χ4n) is 2.17. The van der Waals surface area contributed by atoms with Gasteiger partial charge in [0.05, 0.1) is 12.1 Å². The van der Waals surface area contributed by atoms with Crippen molar-refractivity contribution in [3.8, 4) is 0 Å². The second kappa shape index (κ2) is 3.38. The summed E-state index contributed by atoms with van der Waals surface area (Å²) < 4.78 is 0. The Balaban J connectivity index is 2.35. The van der Waals surface area contributed by atoms with Gasteiger partial charge in [0.15, 0.2) is 0 Å². The lowest BCUT2D eigenvalue weighted by molar-refractivity contribution is -0.729. The Morgan fingerprint density at radius 1 is 1.30 bits per heavy atom. The number of nitrogens with two attached hydrogens (primary N) is 1. The predicted octanol–water partition coefficient (Wildman–Crippen LogP) is 1.15. The summed E-state index contributed by atoms with van der Waals surface area (Å²) in [5, 5.41) is 2.54. The molecule has 1 aliphatic rings. The molecule has 1 saturated heterocycles. The maximum atomic E-state index is 2.54.